The van der Waals surface area contributed by atoms with E-state index in [1.165, 1.54) is 18.2 Å². The van der Waals surface area contributed by atoms with Crippen LogP contribution in [-0.4, -0.2) is 6.36 Å². The number of hydrogen-bond donors (Lipinski definition) is 1. The minimum absolute atomic E-state index is 0.0911. The summed E-state index contributed by atoms with van der Waals surface area (Å²) < 4.78 is 78.6. The molecule has 0 aromatic heterocycles. The van der Waals surface area contributed by atoms with Gasteiger partial charge in [0.05, 0.1) is 5.56 Å². The first-order chi connectivity index (χ1) is 10.6. The van der Waals surface area contributed by atoms with E-state index in [1.54, 1.807) is 0 Å². The standard InChI is InChI=1S/C15H11F6NO/c16-14(17,18)12-6-9(8-22)5-11(7-12)10-1-3-13(4-2-10)23-15(19,20)21/h1-7H,8,22H2. The molecule has 0 aliphatic heterocycles. The molecule has 0 fully saturated rings. The highest BCUT2D eigenvalue weighted by Crippen LogP contribution is 2.34. The van der Waals surface area contributed by atoms with Gasteiger partial charge in [-0.25, -0.2) is 0 Å². The Balaban J connectivity index is 2.38. The summed E-state index contributed by atoms with van der Waals surface area (Å²) in [5.41, 5.74) is 5.32. The van der Waals surface area contributed by atoms with Crippen LogP contribution >= 0.6 is 0 Å². The summed E-state index contributed by atoms with van der Waals surface area (Å²) in [6.07, 6.45) is -9.37. The molecule has 0 unspecified atom stereocenters. The Kier molecular flexibility index (Phi) is 4.56. The lowest BCUT2D eigenvalue weighted by Crippen LogP contribution is -2.16. The Morgan fingerprint density at radius 3 is 1.91 bits per heavy atom. The summed E-state index contributed by atoms with van der Waals surface area (Å²) >= 11 is 0. The van der Waals surface area contributed by atoms with E-state index in [9.17, 15) is 26.3 Å². The molecule has 0 amide bonds. The van der Waals surface area contributed by atoms with Crippen LogP contribution in [-0.2, 0) is 12.7 Å². The second kappa shape index (κ2) is 6.11. The molecule has 0 radical (unpaired) electrons. The highest BCUT2D eigenvalue weighted by molar-refractivity contribution is 5.66. The summed E-state index contributed by atoms with van der Waals surface area (Å²) in [7, 11) is 0. The zero-order chi connectivity index (χ0) is 17.3. The van der Waals surface area contributed by atoms with Crippen LogP contribution in [0.3, 0.4) is 0 Å². The number of benzene rings is 2. The van der Waals surface area contributed by atoms with Crippen molar-refractivity contribution in [2.45, 2.75) is 19.1 Å². The summed E-state index contributed by atoms with van der Waals surface area (Å²) in [5, 5.41) is 0. The van der Waals surface area contributed by atoms with Gasteiger partial charge in [-0.15, -0.1) is 13.2 Å². The summed E-state index contributed by atoms with van der Waals surface area (Å²) in [5.74, 6) is -0.452. The number of rotatable bonds is 3. The van der Waals surface area contributed by atoms with E-state index in [1.807, 2.05) is 0 Å². The number of hydrogen-bond acceptors (Lipinski definition) is 2. The van der Waals surface area contributed by atoms with Crippen molar-refractivity contribution in [2.24, 2.45) is 5.73 Å². The Labute approximate surface area is 127 Å². The molecule has 2 rings (SSSR count). The Morgan fingerprint density at radius 2 is 1.43 bits per heavy atom. The molecule has 0 spiro atoms. The first-order valence-electron chi connectivity index (χ1n) is 6.36. The summed E-state index contributed by atoms with van der Waals surface area (Å²) in [6, 6.07) is 7.86. The second-order valence-corrected chi connectivity index (χ2v) is 4.69. The lowest BCUT2D eigenvalue weighted by molar-refractivity contribution is -0.274. The van der Waals surface area contributed by atoms with Gasteiger partial charge < -0.3 is 10.5 Å². The van der Waals surface area contributed by atoms with Gasteiger partial charge in [0.2, 0.25) is 0 Å². The van der Waals surface area contributed by atoms with E-state index < -0.39 is 23.9 Å². The van der Waals surface area contributed by atoms with Crippen LogP contribution in [0.1, 0.15) is 11.1 Å². The maximum Gasteiger partial charge on any atom is 0.573 e. The number of ether oxygens (including phenoxy) is 1. The summed E-state index contributed by atoms with van der Waals surface area (Å²) in [4.78, 5) is 0. The average Bonchev–Trinajstić information content (AvgIpc) is 2.45. The molecule has 0 atom stereocenters. The zero-order valence-corrected chi connectivity index (χ0v) is 11.5. The van der Waals surface area contributed by atoms with E-state index in [2.05, 4.69) is 4.74 Å². The molecule has 0 saturated carbocycles. The van der Waals surface area contributed by atoms with E-state index in [0.29, 0.717) is 5.56 Å². The molecule has 0 heterocycles. The molecular weight excluding hydrogens is 324 g/mol. The van der Waals surface area contributed by atoms with Crippen molar-refractivity contribution in [1.82, 2.24) is 0 Å². The van der Waals surface area contributed by atoms with Crippen LogP contribution in [0.15, 0.2) is 42.5 Å². The third-order valence-electron chi connectivity index (χ3n) is 2.98. The van der Waals surface area contributed by atoms with Gasteiger partial charge in [-0.3, -0.25) is 0 Å². The van der Waals surface area contributed by atoms with Gasteiger partial charge in [0.1, 0.15) is 5.75 Å². The fourth-order valence-corrected chi connectivity index (χ4v) is 1.99. The molecule has 0 aliphatic rings. The van der Waals surface area contributed by atoms with E-state index >= 15 is 0 Å². The molecule has 0 bridgehead atoms. The first-order valence-corrected chi connectivity index (χ1v) is 6.36. The molecule has 2 aromatic rings. The van der Waals surface area contributed by atoms with Gasteiger partial charge in [0, 0.05) is 6.54 Å². The van der Waals surface area contributed by atoms with Gasteiger partial charge in [-0.05, 0) is 47.0 Å². The molecule has 0 aliphatic carbocycles. The number of alkyl halides is 6. The summed E-state index contributed by atoms with van der Waals surface area (Å²) in [6.45, 7) is -0.0911. The lowest BCUT2D eigenvalue weighted by Gasteiger charge is -2.13. The fraction of sp³-hybridized carbons (Fsp3) is 0.200. The second-order valence-electron chi connectivity index (χ2n) is 4.69. The van der Waals surface area contributed by atoms with Crippen molar-refractivity contribution in [3.05, 3.63) is 53.6 Å². The minimum Gasteiger partial charge on any atom is -0.406 e. The first kappa shape index (κ1) is 17.1. The van der Waals surface area contributed by atoms with Gasteiger partial charge >= 0.3 is 12.5 Å². The van der Waals surface area contributed by atoms with E-state index in [0.717, 1.165) is 24.3 Å². The third kappa shape index (κ3) is 4.62. The van der Waals surface area contributed by atoms with Crippen molar-refractivity contribution < 1.29 is 31.1 Å². The van der Waals surface area contributed by atoms with Crippen molar-refractivity contribution >= 4 is 0 Å². The normalized spacial score (nSPS) is 12.3. The van der Waals surface area contributed by atoms with E-state index in [4.69, 9.17) is 5.73 Å². The molecule has 23 heavy (non-hydrogen) atoms. The minimum atomic E-state index is -4.83. The van der Waals surface area contributed by atoms with Gasteiger partial charge in [-0.1, -0.05) is 12.1 Å². The van der Waals surface area contributed by atoms with Crippen LogP contribution in [0.25, 0.3) is 11.1 Å². The smallest absolute Gasteiger partial charge is 0.406 e. The molecule has 2 nitrogen and oxygen atoms in total. The van der Waals surface area contributed by atoms with E-state index in [-0.39, 0.29) is 17.7 Å². The number of nitrogens with two attached hydrogens (primary N) is 1. The zero-order valence-electron chi connectivity index (χ0n) is 11.5. The Hall–Kier alpha value is -2.22. The third-order valence-corrected chi connectivity index (χ3v) is 2.98. The monoisotopic (exact) mass is 335 g/mol. The quantitative estimate of drug-likeness (QED) is 0.823. The van der Waals surface area contributed by atoms with Crippen molar-refractivity contribution in [1.29, 1.82) is 0 Å². The van der Waals surface area contributed by atoms with Crippen LogP contribution in [0.5, 0.6) is 5.75 Å². The molecule has 0 saturated heterocycles. The van der Waals surface area contributed by atoms with Crippen molar-refractivity contribution in [3.8, 4) is 16.9 Å². The Bertz CT molecular complexity index is 676. The SMILES string of the molecule is NCc1cc(-c2ccc(OC(F)(F)F)cc2)cc(C(F)(F)F)c1. The largest absolute Gasteiger partial charge is 0.573 e. The van der Waals surface area contributed by atoms with Crippen LogP contribution in [0, 0.1) is 0 Å². The predicted molar refractivity (Wildman–Crippen MR) is 71.5 cm³/mol. The van der Waals surface area contributed by atoms with Gasteiger partial charge in [-0.2, -0.15) is 13.2 Å². The predicted octanol–water partition coefficient (Wildman–Crippen LogP) is 4.73. The van der Waals surface area contributed by atoms with Gasteiger partial charge in [0.15, 0.2) is 0 Å². The molecule has 124 valence electrons. The highest BCUT2D eigenvalue weighted by Gasteiger charge is 2.32. The maximum absolute atomic E-state index is 12.9. The van der Waals surface area contributed by atoms with Crippen molar-refractivity contribution in [2.75, 3.05) is 0 Å². The number of halogens is 6. The van der Waals surface area contributed by atoms with Gasteiger partial charge in [0.25, 0.3) is 0 Å². The molecule has 2 N–H and O–H groups in total. The van der Waals surface area contributed by atoms with Crippen LogP contribution in [0.4, 0.5) is 26.3 Å². The molecular formula is C15H11F6NO. The van der Waals surface area contributed by atoms with Crippen LogP contribution < -0.4 is 10.5 Å². The average molecular weight is 335 g/mol. The van der Waals surface area contributed by atoms with Crippen LogP contribution in [0.2, 0.25) is 0 Å². The van der Waals surface area contributed by atoms with Crippen molar-refractivity contribution in [3.63, 3.8) is 0 Å². The maximum atomic E-state index is 12.9. The Morgan fingerprint density at radius 1 is 0.826 bits per heavy atom. The highest BCUT2D eigenvalue weighted by atomic mass is 19.4. The lowest BCUT2D eigenvalue weighted by atomic mass is 9.99. The topological polar surface area (TPSA) is 35.2 Å². The fourth-order valence-electron chi connectivity index (χ4n) is 1.99. The molecule has 2 aromatic carbocycles. The molecule has 8 heteroatoms.